The van der Waals surface area contributed by atoms with Crippen LogP contribution in [0.3, 0.4) is 0 Å². The van der Waals surface area contributed by atoms with Gasteiger partial charge in [-0.05, 0) is 37.3 Å². The Kier molecular flexibility index (Phi) is 4.88. The van der Waals surface area contributed by atoms with Crippen LogP contribution in [0, 0.1) is 5.92 Å². The number of rotatable bonds is 3. The van der Waals surface area contributed by atoms with E-state index in [9.17, 15) is 18.0 Å². The molecule has 21 heavy (non-hydrogen) atoms. The third kappa shape index (κ3) is 3.75. The molecule has 1 aliphatic rings. The second-order valence-corrected chi connectivity index (χ2v) is 5.32. The zero-order chi connectivity index (χ0) is 15.5. The second-order valence-electron chi connectivity index (χ2n) is 5.32. The number of halogens is 3. The number of hydrogen-bond acceptors (Lipinski definition) is 2. The zero-order valence-corrected chi connectivity index (χ0v) is 11.6. The fourth-order valence-electron chi connectivity index (χ4n) is 2.75. The Labute approximate surface area is 121 Å². The number of likely N-dealkylation sites (tertiary alicyclic amines) is 1. The first-order chi connectivity index (χ1) is 9.93. The molecule has 0 spiro atoms. The minimum absolute atomic E-state index is 0.0336. The fraction of sp³-hybridized carbons (Fsp3) is 0.533. The van der Waals surface area contributed by atoms with Crippen molar-refractivity contribution in [2.75, 3.05) is 19.7 Å². The van der Waals surface area contributed by atoms with Gasteiger partial charge in [0.15, 0.2) is 0 Å². The van der Waals surface area contributed by atoms with E-state index in [1.54, 1.807) is 0 Å². The average molecular weight is 301 g/mol. The standard InChI is InChI=1S/C15H18F3NO2/c16-15(17,18)13-6-2-1-5-12(13)14(21)19-8-3-4-11(10-19)7-9-20/h1-2,5-6,11,20H,3-4,7-10H2. The van der Waals surface area contributed by atoms with Gasteiger partial charge in [0.1, 0.15) is 0 Å². The molecule has 0 bridgehead atoms. The van der Waals surface area contributed by atoms with Gasteiger partial charge < -0.3 is 10.0 Å². The minimum atomic E-state index is -4.54. The Morgan fingerprint density at radius 1 is 1.33 bits per heavy atom. The quantitative estimate of drug-likeness (QED) is 0.932. The van der Waals surface area contributed by atoms with Crippen molar-refractivity contribution >= 4 is 5.91 Å². The number of carbonyl (C=O) groups is 1. The SMILES string of the molecule is O=C(c1ccccc1C(F)(F)F)N1CCCC(CCO)C1. The predicted molar refractivity (Wildman–Crippen MR) is 71.8 cm³/mol. The maximum atomic E-state index is 13.0. The summed E-state index contributed by atoms with van der Waals surface area (Å²) in [6.07, 6.45) is -2.31. The third-order valence-electron chi connectivity index (χ3n) is 3.81. The summed E-state index contributed by atoms with van der Waals surface area (Å²) < 4.78 is 38.9. The molecular weight excluding hydrogens is 283 g/mol. The molecule has 2 rings (SSSR count). The van der Waals surface area contributed by atoms with Gasteiger partial charge in [0.2, 0.25) is 0 Å². The summed E-state index contributed by atoms with van der Waals surface area (Å²) in [5.41, 5.74) is -1.19. The van der Waals surface area contributed by atoms with Crippen LogP contribution >= 0.6 is 0 Å². The van der Waals surface area contributed by atoms with Crippen molar-refractivity contribution in [3.05, 3.63) is 35.4 Å². The molecule has 0 aliphatic carbocycles. The summed E-state index contributed by atoms with van der Waals surface area (Å²) in [5.74, 6) is -0.420. The van der Waals surface area contributed by atoms with Gasteiger partial charge in [-0.15, -0.1) is 0 Å². The lowest BCUT2D eigenvalue weighted by molar-refractivity contribution is -0.138. The van der Waals surface area contributed by atoms with E-state index in [1.807, 2.05) is 0 Å². The molecule has 0 aromatic heterocycles. The lowest BCUT2D eigenvalue weighted by Crippen LogP contribution is -2.40. The van der Waals surface area contributed by atoms with E-state index in [4.69, 9.17) is 5.11 Å². The van der Waals surface area contributed by atoms with E-state index in [1.165, 1.54) is 23.1 Å². The van der Waals surface area contributed by atoms with Gasteiger partial charge in [-0.1, -0.05) is 12.1 Å². The third-order valence-corrected chi connectivity index (χ3v) is 3.81. The van der Waals surface area contributed by atoms with Crippen molar-refractivity contribution in [1.29, 1.82) is 0 Å². The molecule has 1 N–H and O–H groups in total. The highest BCUT2D eigenvalue weighted by Crippen LogP contribution is 2.33. The van der Waals surface area contributed by atoms with Gasteiger partial charge in [-0.25, -0.2) is 0 Å². The number of aliphatic hydroxyl groups excluding tert-OH is 1. The molecule has 1 saturated heterocycles. The lowest BCUT2D eigenvalue weighted by Gasteiger charge is -2.33. The molecule has 1 aromatic carbocycles. The monoisotopic (exact) mass is 301 g/mol. The van der Waals surface area contributed by atoms with Gasteiger partial charge in [-0.3, -0.25) is 4.79 Å². The maximum Gasteiger partial charge on any atom is 0.417 e. The van der Waals surface area contributed by atoms with E-state index in [0.29, 0.717) is 19.5 Å². The molecule has 6 heteroatoms. The molecule has 0 saturated carbocycles. The van der Waals surface area contributed by atoms with Crippen molar-refractivity contribution in [3.8, 4) is 0 Å². The van der Waals surface area contributed by atoms with Gasteiger partial charge in [-0.2, -0.15) is 13.2 Å². The van der Waals surface area contributed by atoms with E-state index >= 15 is 0 Å². The maximum absolute atomic E-state index is 13.0. The first kappa shape index (κ1) is 15.8. The number of aliphatic hydroxyl groups is 1. The summed E-state index contributed by atoms with van der Waals surface area (Å²) in [5, 5.41) is 8.96. The topological polar surface area (TPSA) is 40.5 Å². The molecule has 1 fully saturated rings. The van der Waals surface area contributed by atoms with Gasteiger partial charge in [0, 0.05) is 19.7 Å². The fourth-order valence-corrected chi connectivity index (χ4v) is 2.75. The summed E-state index contributed by atoms with van der Waals surface area (Å²) in [4.78, 5) is 13.8. The van der Waals surface area contributed by atoms with Crippen LogP contribution < -0.4 is 0 Å². The van der Waals surface area contributed by atoms with Gasteiger partial charge in [0.05, 0.1) is 11.1 Å². The number of alkyl halides is 3. The Bertz CT molecular complexity index is 500. The Morgan fingerprint density at radius 3 is 2.71 bits per heavy atom. The van der Waals surface area contributed by atoms with Gasteiger partial charge in [0.25, 0.3) is 5.91 Å². The van der Waals surface area contributed by atoms with Crippen LogP contribution in [0.2, 0.25) is 0 Å². The van der Waals surface area contributed by atoms with E-state index in [-0.39, 0.29) is 18.1 Å². The van der Waals surface area contributed by atoms with Crippen molar-refractivity contribution in [3.63, 3.8) is 0 Å². The summed E-state index contributed by atoms with van der Waals surface area (Å²) >= 11 is 0. The largest absolute Gasteiger partial charge is 0.417 e. The van der Waals surface area contributed by atoms with Crippen LogP contribution in [0.4, 0.5) is 13.2 Å². The number of hydrogen-bond donors (Lipinski definition) is 1. The van der Waals surface area contributed by atoms with E-state index in [0.717, 1.165) is 18.9 Å². The summed E-state index contributed by atoms with van der Waals surface area (Å²) in [6, 6.07) is 4.88. The van der Waals surface area contributed by atoms with Gasteiger partial charge >= 0.3 is 6.18 Å². The molecule has 1 heterocycles. The number of benzene rings is 1. The Hall–Kier alpha value is -1.56. The van der Waals surface area contributed by atoms with Crippen molar-refractivity contribution in [2.45, 2.75) is 25.4 Å². The minimum Gasteiger partial charge on any atom is -0.396 e. The number of carbonyl (C=O) groups excluding carboxylic acids is 1. The second kappa shape index (κ2) is 6.47. The van der Waals surface area contributed by atoms with E-state index in [2.05, 4.69) is 0 Å². The summed E-state index contributed by atoms with van der Waals surface area (Å²) in [7, 11) is 0. The molecule has 1 aromatic rings. The molecule has 1 atom stereocenters. The van der Waals surface area contributed by atoms with Crippen LogP contribution in [0.5, 0.6) is 0 Å². The van der Waals surface area contributed by atoms with Crippen LogP contribution in [-0.4, -0.2) is 35.6 Å². The van der Waals surface area contributed by atoms with Crippen molar-refractivity contribution in [1.82, 2.24) is 4.90 Å². The highest BCUT2D eigenvalue weighted by atomic mass is 19.4. The van der Waals surface area contributed by atoms with Crippen LogP contribution in [-0.2, 0) is 6.18 Å². The summed E-state index contributed by atoms with van der Waals surface area (Å²) in [6.45, 7) is 0.907. The Morgan fingerprint density at radius 2 is 2.05 bits per heavy atom. The molecule has 1 unspecified atom stereocenters. The van der Waals surface area contributed by atoms with Crippen LogP contribution in [0.1, 0.15) is 35.2 Å². The van der Waals surface area contributed by atoms with Crippen molar-refractivity contribution < 1.29 is 23.1 Å². The molecule has 3 nitrogen and oxygen atoms in total. The number of piperidine rings is 1. The zero-order valence-electron chi connectivity index (χ0n) is 11.6. The number of amides is 1. The molecular formula is C15H18F3NO2. The number of nitrogens with zero attached hydrogens (tertiary/aromatic N) is 1. The molecule has 0 radical (unpaired) electrons. The highest BCUT2D eigenvalue weighted by Gasteiger charge is 2.36. The first-order valence-electron chi connectivity index (χ1n) is 7.00. The Balaban J connectivity index is 2.20. The average Bonchev–Trinajstić information content (AvgIpc) is 2.46. The van der Waals surface area contributed by atoms with Crippen LogP contribution in [0.15, 0.2) is 24.3 Å². The van der Waals surface area contributed by atoms with Crippen molar-refractivity contribution in [2.24, 2.45) is 5.92 Å². The molecule has 1 aliphatic heterocycles. The molecule has 116 valence electrons. The lowest BCUT2D eigenvalue weighted by atomic mass is 9.94. The smallest absolute Gasteiger partial charge is 0.396 e. The molecule has 1 amide bonds. The van der Waals surface area contributed by atoms with E-state index < -0.39 is 17.6 Å². The van der Waals surface area contributed by atoms with Crippen LogP contribution in [0.25, 0.3) is 0 Å². The first-order valence-corrected chi connectivity index (χ1v) is 7.00. The highest BCUT2D eigenvalue weighted by molar-refractivity contribution is 5.96. The predicted octanol–water partition coefficient (Wildman–Crippen LogP) is 2.94. The normalized spacial score (nSPS) is 19.6.